The van der Waals surface area contributed by atoms with E-state index in [-0.39, 0.29) is 11.3 Å². The zero-order valence-corrected chi connectivity index (χ0v) is 10.8. The van der Waals surface area contributed by atoms with Crippen LogP contribution in [0.15, 0.2) is 0 Å². The Bertz CT molecular complexity index is 328. The van der Waals surface area contributed by atoms with Crippen LogP contribution in [0, 0.1) is 5.41 Å². The minimum atomic E-state index is 0.119. The molecule has 0 fully saturated rings. The van der Waals surface area contributed by atoms with E-state index >= 15 is 0 Å². The van der Waals surface area contributed by atoms with Gasteiger partial charge in [0.15, 0.2) is 5.82 Å². The zero-order valence-electron chi connectivity index (χ0n) is 10.8. The van der Waals surface area contributed by atoms with Crippen LogP contribution in [0.2, 0.25) is 0 Å². The van der Waals surface area contributed by atoms with Gasteiger partial charge in [-0.2, -0.15) is 5.21 Å². The second-order valence-electron chi connectivity index (χ2n) is 5.34. The van der Waals surface area contributed by atoms with Crippen LogP contribution < -0.4 is 5.32 Å². The maximum atomic E-state index is 11.5. The molecule has 6 nitrogen and oxygen atoms in total. The fraction of sp³-hybridized carbons (Fsp3) is 0.818. The number of hydrogen-bond acceptors (Lipinski definition) is 4. The predicted octanol–water partition coefficient (Wildman–Crippen LogP) is 1.07. The molecule has 0 bridgehead atoms. The van der Waals surface area contributed by atoms with Crippen LogP contribution in [-0.4, -0.2) is 33.1 Å². The Hall–Kier alpha value is -1.46. The van der Waals surface area contributed by atoms with Crippen molar-refractivity contribution in [3.05, 3.63) is 5.82 Å². The van der Waals surface area contributed by atoms with Gasteiger partial charge >= 0.3 is 0 Å². The maximum Gasteiger partial charge on any atom is 0.220 e. The van der Waals surface area contributed by atoms with Gasteiger partial charge in [0.25, 0.3) is 0 Å². The Morgan fingerprint density at radius 1 is 1.41 bits per heavy atom. The van der Waals surface area contributed by atoms with Gasteiger partial charge in [0.05, 0.1) is 0 Å². The van der Waals surface area contributed by atoms with Crippen LogP contribution in [0.5, 0.6) is 0 Å². The lowest BCUT2D eigenvalue weighted by atomic mass is 9.90. The standard InChI is InChI=1S/C11H21N5O/c1-11(2,3)7-6-10(17)12-8-4-5-9-13-15-16-14-9/h4-8H2,1-3H3,(H,12,17)(H,13,14,15,16). The zero-order chi connectivity index (χ0) is 12.7. The third-order valence-corrected chi connectivity index (χ3v) is 2.39. The highest BCUT2D eigenvalue weighted by Crippen LogP contribution is 2.20. The molecule has 0 aromatic carbocycles. The van der Waals surface area contributed by atoms with Crippen molar-refractivity contribution in [1.82, 2.24) is 25.9 Å². The molecule has 6 heteroatoms. The minimum absolute atomic E-state index is 0.119. The average Bonchev–Trinajstić information content (AvgIpc) is 2.73. The Kier molecular flexibility index (Phi) is 5.06. The van der Waals surface area contributed by atoms with Crippen LogP contribution in [0.25, 0.3) is 0 Å². The van der Waals surface area contributed by atoms with E-state index in [9.17, 15) is 4.79 Å². The van der Waals surface area contributed by atoms with Crippen molar-refractivity contribution >= 4 is 5.91 Å². The summed E-state index contributed by atoms with van der Waals surface area (Å²) in [4.78, 5) is 11.5. The third kappa shape index (κ3) is 6.65. The molecule has 0 saturated carbocycles. The number of hydrogen-bond donors (Lipinski definition) is 2. The number of carbonyl (C=O) groups is 1. The molecule has 1 aromatic heterocycles. The molecule has 0 aliphatic carbocycles. The van der Waals surface area contributed by atoms with E-state index in [2.05, 4.69) is 46.7 Å². The predicted molar refractivity (Wildman–Crippen MR) is 64.2 cm³/mol. The second kappa shape index (κ2) is 6.32. The second-order valence-corrected chi connectivity index (χ2v) is 5.34. The number of aryl methyl sites for hydroxylation is 1. The number of aromatic nitrogens is 4. The van der Waals surface area contributed by atoms with Gasteiger partial charge in [-0.05, 0) is 18.3 Å². The molecule has 0 unspecified atom stereocenters. The fourth-order valence-corrected chi connectivity index (χ4v) is 1.34. The van der Waals surface area contributed by atoms with E-state index in [0.29, 0.717) is 18.8 Å². The normalized spacial score (nSPS) is 11.5. The Morgan fingerprint density at radius 2 is 2.18 bits per heavy atom. The van der Waals surface area contributed by atoms with Gasteiger partial charge in [0.1, 0.15) is 0 Å². The molecule has 1 heterocycles. The van der Waals surface area contributed by atoms with Gasteiger partial charge in [-0.25, -0.2) is 0 Å². The van der Waals surface area contributed by atoms with Crippen molar-refractivity contribution in [3.63, 3.8) is 0 Å². The molecule has 2 N–H and O–H groups in total. The fourth-order valence-electron chi connectivity index (χ4n) is 1.34. The molecule has 0 aliphatic heterocycles. The van der Waals surface area contributed by atoms with Crippen molar-refractivity contribution in [2.24, 2.45) is 5.41 Å². The average molecular weight is 239 g/mol. The first kappa shape index (κ1) is 13.6. The first-order valence-corrected chi connectivity index (χ1v) is 5.96. The molecule has 1 amide bonds. The summed E-state index contributed by atoms with van der Waals surface area (Å²) in [5.74, 6) is 0.807. The number of carbonyl (C=O) groups excluding carboxylic acids is 1. The number of rotatable bonds is 6. The summed E-state index contributed by atoms with van der Waals surface area (Å²) in [5.41, 5.74) is 0.210. The molecule has 0 saturated heterocycles. The lowest BCUT2D eigenvalue weighted by molar-refractivity contribution is -0.121. The van der Waals surface area contributed by atoms with Crippen LogP contribution in [0.1, 0.15) is 45.9 Å². The first-order chi connectivity index (χ1) is 7.97. The van der Waals surface area contributed by atoms with Crippen LogP contribution in [0.4, 0.5) is 0 Å². The molecule has 1 rings (SSSR count). The third-order valence-electron chi connectivity index (χ3n) is 2.39. The topological polar surface area (TPSA) is 83.6 Å². The van der Waals surface area contributed by atoms with Crippen molar-refractivity contribution in [1.29, 1.82) is 0 Å². The molecular formula is C11H21N5O. The summed E-state index contributed by atoms with van der Waals surface area (Å²) in [7, 11) is 0. The number of nitrogens with one attached hydrogen (secondary N) is 2. The molecule has 1 aromatic rings. The largest absolute Gasteiger partial charge is 0.356 e. The van der Waals surface area contributed by atoms with Crippen LogP contribution in [0.3, 0.4) is 0 Å². The van der Waals surface area contributed by atoms with E-state index in [1.165, 1.54) is 0 Å². The van der Waals surface area contributed by atoms with Gasteiger partial charge in [0.2, 0.25) is 5.91 Å². The summed E-state index contributed by atoms with van der Waals surface area (Å²) in [5, 5.41) is 16.4. The first-order valence-electron chi connectivity index (χ1n) is 5.96. The van der Waals surface area contributed by atoms with Gasteiger partial charge < -0.3 is 5.32 Å². The van der Waals surface area contributed by atoms with Crippen molar-refractivity contribution in [3.8, 4) is 0 Å². The lowest BCUT2D eigenvalue weighted by Gasteiger charge is -2.17. The highest BCUT2D eigenvalue weighted by Gasteiger charge is 2.12. The Balaban J connectivity index is 2.04. The van der Waals surface area contributed by atoms with Crippen molar-refractivity contribution in [2.75, 3.05) is 6.54 Å². The van der Waals surface area contributed by atoms with E-state index in [1.54, 1.807) is 0 Å². The number of aromatic amines is 1. The maximum absolute atomic E-state index is 11.5. The summed E-state index contributed by atoms with van der Waals surface area (Å²) >= 11 is 0. The number of amides is 1. The summed E-state index contributed by atoms with van der Waals surface area (Å²) < 4.78 is 0. The van der Waals surface area contributed by atoms with Gasteiger partial charge in [-0.1, -0.05) is 26.0 Å². The Labute approximate surface area is 102 Å². The number of tetrazole rings is 1. The van der Waals surface area contributed by atoms with E-state index in [0.717, 1.165) is 19.3 Å². The number of nitrogens with zero attached hydrogens (tertiary/aromatic N) is 3. The monoisotopic (exact) mass is 239 g/mol. The molecular weight excluding hydrogens is 218 g/mol. The van der Waals surface area contributed by atoms with E-state index < -0.39 is 0 Å². The van der Waals surface area contributed by atoms with Gasteiger partial charge in [-0.3, -0.25) is 4.79 Å². The lowest BCUT2D eigenvalue weighted by Crippen LogP contribution is -2.25. The summed E-state index contributed by atoms with van der Waals surface area (Å²) in [6.07, 6.45) is 3.06. The summed E-state index contributed by atoms with van der Waals surface area (Å²) in [6, 6.07) is 0. The van der Waals surface area contributed by atoms with Crippen molar-refractivity contribution < 1.29 is 4.79 Å². The van der Waals surface area contributed by atoms with Gasteiger partial charge in [-0.15, -0.1) is 10.2 Å². The number of H-pyrrole nitrogens is 1. The highest BCUT2D eigenvalue weighted by atomic mass is 16.1. The Morgan fingerprint density at radius 3 is 2.76 bits per heavy atom. The van der Waals surface area contributed by atoms with Crippen LogP contribution in [-0.2, 0) is 11.2 Å². The van der Waals surface area contributed by atoms with E-state index in [4.69, 9.17) is 0 Å². The van der Waals surface area contributed by atoms with Crippen LogP contribution >= 0.6 is 0 Å². The van der Waals surface area contributed by atoms with E-state index in [1.807, 2.05) is 0 Å². The smallest absolute Gasteiger partial charge is 0.220 e. The minimum Gasteiger partial charge on any atom is -0.356 e. The van der Waals surface area contributed by atoms with Crippen molar-refractivity contribution in [2.45, 2.75) is 46.5 Å². The van der Waals surface area contributed by atoms with Gasteiger partial charge in [0, 0.05) is 19.4 Å². The molecule has 0 spiro atoms. The highest BCUT2D eigenvalue weighted by molar-refractivity contribution is 5.75. The molecule has 96 valence electrons. The molecule has 17 heavy (non-hydrogen) atoms. The molecule has 0 radical (unpaired) electrons. The molecule has 0 aliphatic rings. The quantitative estimate of drug-likeness (QED) is 0.727. The molecule has 0 atom stereocenters. The summed E-state index contributed by atoms with van der Waals surface area (Å²) in [6.45, 7) is 7.07. The SMILES string of the molecule is CC(C)(C)CCC(=O)NCCCc1nn[nH]n1.